The summed E-state index contributed by atoms with van der Waals surface area (Å²) in [6.07, 6.45) is 0.368. The van der Waals surface area contributed by atoms with Crippen LogP contribution in [0.15, 0.2) is 66.7 Å². The topological polar surface area (TPSA) is 75.4 Å². The molecule has 3 aromatic rings. The second kappa shape index (κ2) is 9.51. The van der Waals surface area contributed by atoms with Gasteiger partial charge in [-0.05, 0) is 34.9 Å². The van der Waals surface area contributed by atoms with E-state index in [1.54, 1.807) is 36.4 Å². The fourth-order valence-electron chi connectivity index (χ4n) is 3.92. The zero-order chi connectivity index (χ0) is 22.7. The normalized spacial score (nSPS) is 15.2. The van der Waals surface area contributed by atoms with Crippen molar-refractivity contribution >= 4 is 23.4 Å². The van der Waals surface area contributed by atoms with Crippen LogP contribution in [0.5, 0.6) is 0 Å². The lowest BCUT2D eigenvalue weighted by Crippen LogP contribution is -2.52. The van der Waals surface area contributed by atoms with Gasteiger partial charge in [0.2, 0.25) is 5.91 Å². The van der Waals surface area contributed by atoms with Gasteiger partial charge < -0.3 is 16.0 Å². The van der Waals surface area contributed by atoms with E-state index in [9.17, 15) is 14.0 Å². The van der Waals surface area contributed by atoms with Crippen LogP contribution < -0.4 is 11.1 Å². The lowest BCUT2D eigenvalue weighted by Gasteiger charge is -2.36. The van der Waals surface area contributed by atoms with E-state index in [1.807, 2.05) is 24.3 Å². The van der Waals surface area contributed by atoms with Crippen molar-refractivity contribution in [2.45, 2.75) is 32.1 Å². The van der Waals surface area contributed by atoms with Gasteiger partial charge in [-0.25, -0.2) is 4.39 Å². The number of nitrogens with one attached hydrogen (secondary N) is 1. The molecule has 3 aromatic carbocycles. The van der Waals surface area contributed by atoms with Gasteiger partial charge in [0.15, 0.2) is 0 Å². The minimum Gasteiger partial charge on any atom is -0.350 e. The molecule has 0 saturated heterocycles. The van der Waals surface area contributed by atoms with Crippen molar-refractivity contribution in [3.63, 3.8) is 0 Å². The average molecular weight is 452 g/mol. The molecule has 1 aliphatic rings. The van der Waals surface area contributed by atoms with E-state index >= 15 is 0 Å². The van der Waals surface area contributed by atoms with Crippen LogP contribution >= 0.6 is 11.6 Å². The summed E-state index contributed by atoms with van der Waals surface area (Å²) in [6.45, 7) is 0.545. The Hall–Kier alpha value is -3.22. The maximum Gasteiger partial charge on any atom is 0.256 e. The Labute approximate surface area is 191 Å². The number of fused-ring (bicyclic) bond motifs is 1. The first-order valence-corrected chi connectivity index (χ1v) is 10.7. The van der Waals surface area contributed by atoms with Gasteiger partial charge in [0.1, 0.15) is 11.9 Å². The van der Waals surface area contributed by atoms with Gasteiger partial charge in [-0.1, -0.05) is 60.1 Å². The molecule has 0 aliphatic carbocycles. The molecule has 0 fully saturated rings. The van der Waals surface area contributed by atoms with E-state index in [1.165, 1.54) is 11.0 Å². The highest BCUT2D eigenvalue weighted by Gasteiger charge is 2.35. The Balaban J connectivity index is 1.58. The van der Waals surface area contributed by atoms with Crippen molar-refractivity contribution < 1.29 is 14.0 Å². The number of carbonyl (C=O) groups excluding carboxylic acids is 2. The predicted octanol–water partition coefficient (Wildman–Crippen LogP) is 3.82. The van der Waals surface area contributed by atoms with Gasteiger partial charge in [0.25, 0.3) is 5.91 Å². The van der Waals surface area contributed by atoms with E-state index in [0.717, 1.165) is 11.1 Å². The maximum atomic E-state index is 14.3. The molecule has 0 bridgehead atoms. The third-order valence-electron chi connectivity index (χ3n) is 5.72. The van der Waals surface area contributed by atoms with E-state index in [-0.39, 0.29) is 31.4 Å². The Morgan fingerprint density at radius 3 is 2.50 bits per heavy atom. The number of amides is 2. The van der Waals surface area contributed by atoms with Crippen LogP contribution in [0.3, 0.4) is 0 Å². The predicted molar refractivity (Wildman–Crippen MR) is 121 cm³/mol. The zero-order valence-corrected chi connectivity index (χ0v) is 18.1. The number of nitrogens with zero attached hydrogens (tertiary/aromatic N) is 1. The molecular formula is C25H23ClFN3O2. The van der Waals surface area contributed by atoms with Crippen LogP contribution in [-0.2, 0) is 30.8 Å². The van der Waals surface area contributed by atoms with Gasteiger partial charge >= 0.3 is 0 Å². The van der Waals surface area contributed by atoms with Crippen LogP contribution in [0.2, 0.25) is 5.02 Å². The zero-order valence-electron chi connectivity index (χ0n) is 17.4. The monoisotopic (exact) mass is 451 g/mol. The number of nitrogens with two attached hydrogens (primary N) is 1. The molecule has 1 atom stereocenters. The first kappa shape index (κ1) is 22.0. The van der Waals surface area contributed by atoms with Crippen molar-refractivity contribution in [2.24, 2.45) is 5.73 Å². The summed E-state index contributed by atoms with van der Waals surface area (Å²) in [5.74, 6) is -1.09. The fourth-order valence-corrected chi connectivity index (χ4v) is 4.14. The smallest absolute Gasteiger partial charge is 0.256 e. The molecule has 0 saturated carbocycles. The molecule has 1 unspecified atom stereocenters. The molecule has 0 radical (unpaired) electrons. The van der Waals surface area contributed by atoms with Gasteiger partial charge in [-0.15, -0.1) is 0 Å². The van der Waals surface area contributed by atoms with E-state index in [2.05, 4.69) is 5.32 Å². The van der Waals surface area contributed by atoms with Crippen LogP contribution in [0.1, 0.15) is 32.6 Å². The molecule has 2 amide bonds. The summed E-state index contributed by atoms with van der Waals surface area (Å²) < 4.78 is 14.3. The fraction of sp³-hybridized carbons (Fsp3) is 0.200. The molecule has 1 aliphatic heterocycles. The second-order valence-electron chi connectivity index (χ2n) is 7.75. The van der Waals surface area contributed by atoms with E-state index in [4.69, 9.17) is 17.3 Å². The Morgan fingerprint density at radius 2 is 1.78 bits per heavy atom. The van der Waals surface area contributed by atoms with Crippen molar-refractivity contribution in [3.8, 4) is 0 Å². The molecule has 0 aromatic heterocycles. The maximum absolute atomic E-state index is 14.3. The molecule has 3 N–H and O–H groups in total. The Kier molecular flexibility index (Phi) is 6.53. The largest absolute Gasteiger partial charge is 0.350 e. The van der Waals surface area contributed by atoms with Crippen molar-refractivity contribution in [3.05, 3.63) is 105 Å². The highest BCUT2D eigenvalue weighted by atomic mass is 35.5. The number of rotatable bonds is 5. The van der Waals surface area contributed by atoms with Gasteiger partial charge in [0, 0.05) is 31.6 Å². The summed E-state index contributed by atoms with van der Waals surface area (Å²) in [5.41, 5.74) is 8.92. The van der Waals surface area contributed by atoms with Crippen LogP contribution in [0.4, 0.5) is 4.39 Å². The van der Waals surface area contributed by atoms with Crippen molar-refractivity contribution in [2.75, 3.05) is 0 Å². The summed E-state index contributed by atoms with van der Waals surface area (Å²) in [4.78, 5) is 28.0. The van der Waals surface area contributed by atoms with Gasteiger partial charge in [0.05, 0.1) is 10.6 Å². The number of halogens is 2. The molecule has 164 valence electrons. The summed E-state index contributed by atoms with van der Waals surface area (Å²) in [6, 6.07) is 18.5. The number of benzene rings is 3. The molecule has 0 spiro atoms. The lowest BCUT2D eigenvalue weighted by molar-refractivity contribution is -0.126. The summed E-state index contributed by atoms with van der Waals surface area (Å²) in [7, 11) is 0. The number of hydrogen-bond acceptors (Lipinski definition) is 3. The minimum atomic E-state index is -0.736. The minimum absolute atomic E-state index is 0.0157. The van der Waals surface area contributed by atoms with Crippen LogP contribution in [0.25, 0.3) is 0 Å². The summed E-state index contributed by atoms with van der Waals surface area (Å²) >= 11 is 6.25. The van der Waals surface area contributed by atoms with Crippen LogP contribution in [-0.4, -0.2) is 22.8 Å². The first-order chi connectivity index (χ1) is 15.5. The van der Waals surface area contributed by atoms with E-state index in [0.29, 0.717) is 28.1 Å². The number of hydrogen-bond donors (Lipinski definition) is 2. The third kappa shape index (κ3) is 4.52. The number of carbonyl (C=O) groups is 2. The molecule has 1 heterocycles. The quantitative estimate of drug-likeness (QED) is 0.619. The van der Waals surface area contributed by atoms with Crippen LogP contribution in [0, 0.1) is 5.82 Å². The first-order valence-electron chi connectivity index (χ1n) is 10.3. The molecular weight excluding hydrogens is 429 g/mol. The van der Waals surface area contributed by atoms with Gasteiger partial charge in [-0.3, -0.25) is 9.59 Å². The third-order valence-corrected chi connectivity index (χ3v) is 6.05. The highest BCUT2D eigenvalue weighted by molar-refractivity contribution is 6.33. The summed E-state index contributed by atoms with van der Waals surface area (Å²) in [5, 5.41) is 3.12. The Morgan fingerprint density at radius 1 is 1.06 bits per heavy atom. The van der Waals surface area contributed by atoms with E-state index < -0.39 is 11.9 Å². The second-order valence-corrected chi connectivity index (χ2v) is 8.16. The molecule has 4 rings (SSSR count). The Bertz CT molecular complexity index is 1170. The average Bonchev–Trinajstić information content (AvgIpc) is 2.82. The lowest BCUT2D eigenvalue weighted by atomic mass is 9.92. The van der Waals surface area contributed by atoms with Gasteiger partial charge in [-0.2, -0.15) is 0 Å². The molecule has 7 heteroatoms. The standard InChI is InChI=1S/C25H23ClFN3O2/c26-21-8-4-3-7-20(21)25(32)30-15-19-6-2-1-5-17(19)12-23(30)24(31)29-14-18-10-9-16(13-28)11-22(18)27/h1-11,23H,12-15,28H2,(H,29,31). The van der Waals surface area contributed by atoms with Crippen molar-refractivity contribution in [1.82, 2.24) is 10.2 Å². The highest BCUT2D eigenvalue weighted by Crippen LogP contribution is 2.27. The molecule has 5 nitrogen and oxygen atoms in total. The molecule has 32 heavy (non-hydrogen) atoms. The van der Waals surface area contributed by atoms with Crippen molar-refractivity contribution in [1.29, 1.82) is 0 Å². The SMILES string of the molecule is NCc1ccc(CNC(=O)C2Cc3ccccc3CN2C(=O)c2ccccc2Cl)c(F)c1.